The molecule has 2 aliphatic heterocycles. The zero-order valence-electron chi connectivity index (χ0n) is 12.3. The van der Waals surface area contributed by atoms with E-state index >= 15 is 0 Å². The maximum absolute atomic E-state index is 12.7. The van der Waals surface area contributed by atoms with Gasteiger partial charge in [0.15, 0.2) is 6.10 Å². The number of nitrogens with one attached hydrogen (secondary N) is 1. The van der Waals surface area contributed by atoms with Gasteiger partial charge in [0.1, 0.15) is 5.60 Å². The minimum Gasteiger partial charge on any atom is -0.444 e. The number of halogens is 3. The Balaban J connectivity index is 2.15. The SMILES string of the molecule is CC(C)(C)OC(=O)N1[C@H]2CC[C@@H]1[C@@H]([C@@H](O)C(F)(F)F)NC2. The normalized spacial score (nSPS) is 31.2. The van der Waals surface area contributed by atoms with Crippen molar-refractivity contribution < 1.29 is 27.8 Å². The highest BCUT2D eigenvalue weighted by molar-refractivity contribution is 5.70. The molecule has 0 spiro atoms. The molecule has 0 saturated carbocycles. The number of amides is 1. The number of hydrogen-bond donors (Lipinski definition) is 2. The highest BCUT2D eigenvalue weighted by Crippen LogP contribution is 2.35. The van der Waals surface area contributed by atoms with Crippen molar-refractivity contribution in [2.45, 2.75) is 69.6 Å². The van der Waals surface area contributed by atoms with Gasteiger partial charge in [-0.3, -0.25) is 4.90 Å². The van der Waals surface area contributed by atoms with Gasteiger partial charge in [-0.25, -0.2) is 4.79 Å². The second-order valence-corrected chi connectivity index (χ2v) is 6.61. The van der Waals surface area contributed by atoms with E-state index in [2.05, 4.69) is 5.32 Å². The van der Waals surface area contributed by atoms with E-state index < -0.39 is 36.1 Å². The van der Waals surface area contributed by atoms with Crippen LogP contribution in [0.3, 0.4) is 0 Å². The summed E-state index contributed by atoms with van der Waals surface area (Å²) in [5.74, 6) is 0. The first kappa shape index (κ1) is 16.4. The Bertz CT molecular complexity index is 408. The van der Waals surface area contributed by atoms with Gasteiger partial charge < -0.3 is 15.2 Å². The average molecular weight is 310 g/mol. The molecule has 8 heteroatoms. The molecule has 2 N–H and O–H groups in total. The first-order valence-electron chi connectivity index (χ1n) is 7.00. The molecule has 0 aliphatic carbocycles. The van der Waals surface area contributed by atoms with Crippen molar-refractivity contribution in [3.05, 3.63) is 0 Å². The molecule has 2 rings (SSSR count). The van der Waals surface area contributed by atoms with Crippen molar-refractivity contribution in [3.63, 3.8) is 0 Å². The van der Waals surface area contributed by atoms with Crippen LogP contribution in [0.4, 0.5) is 18.0 Å². The maximum atomic E-state index is 12.7. The quantitative estimate of drug-likeness (QED) is 0.773. The van der Waals surface area contributed by atoms with E-state index in [0.717, 1.165) is 0 Å². The van der Waals surface area contributed by atoms with E-state index in [1.165, 1.54) is 4.90 Å². The summed E-state index contributed by atoms with van der Waals surface area (Å²) in [6, 6.07) is -2.09. The number of carbonyl (C=O) groups is 1. The number of rotatable bonds is 1. The number of fused-ring (bicyclic) bond motifs is 2. The van der Waals surface area contributed by atoms with Gasteiger partial charge in [-0.1, -0.05) is 0 Å². The summed E-state index contributed by atoms with van der Waals surface area (Å²) in [5, 5.41) is 12.2. The van der Waals surface area contributed by atoms with Crippen LogP contribution in [0.5, 0.6) is 0 Å². The standard InChI is InChI=1S/C13H21F3N2O3/c1-12(2,3)21-11(20)18-7-4-5-8(18)9(17-6-7)10(19)13(14,15)16/h7-10,17,19H,4-6H2,1-3H3/t7-,8+,9-,10+/m0/s1. The monoisotopic (exact) mass is 310 g/mol. The van der Waals surface area contributed by atoms with E-state index in [4.69, 9.17) is 4.74 Å². The smallest absolute Gasteiger partial charge is 0.415 e. The van der Waals surface area contributed by atoms with E-state index in [1.807, 2.05) is 0 Å². The zero-order chi connectivity index (χ0) is 16.0. The number of piperazine rings is 1. The molecule has 2 aliphatic rings. The molecule has 0 radical (unpaired) electrons. The number of hydrogen-bond acceptors (Lipinski definition) is 4. The summed E-state index contributed by atoms with van der Waals surface area (Å²) < 4.78 is 43.5. The van der Waals surface area contributed by atoms with E-state index in [0.29, 0.717) is 12.8 Å². The molecule has 2 bridgehead atoms. The lowest BCUT2D eigenvalue weighted by Gasteiger charge is -2.42. The van der Waals surface area contributed by atoms with Crippen molar-refractivity contribution >= 4 is 6.09 Å². The number of aliphatic hydroxyl groups excluding tert-OH is 1. The lowest BCUT2D eigenvalue weighted by Crippen LogP contribution is -2.65. The van der Waals surface area contributed by atoms with Gasteiger partial charge in [0.25, 0.3) is 0 Å². The van der Waals surface area contributed by atoms with Crippen LogP contribution in [-0.2, 0) is 4.74 Å². The molecule has 2 fully saturated rings. The Morgan fingerprint density at radius 1 is 1.33 bits per heavy atom. The molecule has 2 heterocycles. The van der Waals surface area contributed by atoms with E-state index in [-0.39, 0.29) is 12.6 Å². The molecular weight excluding hydrogens is 289 g/mol. The van der Waals surface area contributed by atoms with Crippen molar-refractivity contribution in [2.75, 3.05) is 6.54 Å². The Morgan fingerprint density at radius 3 is 2.48 bits per heavy atom. The highest BCUT2D eigenvalue weighted by atomic mass is 19.4. The van der Waals surface area contributed by atoms with Gasteiger partial charge in [0.2, 0.25) is 0 Å². The Kier molecular flexibility index (Phi) is 4.14. The van der Waals surface area contributed by atoms with Crippen molar-refractivity contribution in [3.8, 4) is 0 Å². The van der Waals surface area contributed by atoms with Crippen LogP contribution in [0.15, 0.2) is 0 Å². The topological polar surface area (TPSA) is 61.8 Å². The van der Waals surface area contributed by atoms with Crippen LogP contribution in [0.25, 0.3) is 0 Å². The number of ether oxygens (including phenoxy) is 1. The minimum absolute atomic E-state index is 0.179. The largest absolute Gasteiger partial charge is 0.444 e. The molecule has 21 heavy (non-hydrogen) atoms. The molecule has 4 atom stereocenters. The van der Waals surface area contributed by atoms with Gasteiger partial charge in [-0.05, 0) is 33.6 Å². The van der Waals surface area contributed by atoms with Gasteiger partial charge in [-0.2, -0.15) is 13.2 Å². The molecule has 0 aromatic rings. The number of alkyl halides is 3. The van der Waals surface area contributed by atoms with E-state index in [9.17, 15) is 23.1 Å². The van der Waals surface area contributed by atoms with Gasteiger partial charge in [-0.15, -0.1) is 0 Å². The molecule has 0 unspecified atom stereocenters. The van der Waals surface area contributed by atoms with Crippen molar-refractivity contribution in [1.82, 2.24) is 10.2 Å². The van der Waals surface area contributed by atoms with Crippen LogP contribution < -0.4 is 5.32 Å². The summed E-state index contributed by atoms with van der Waals surface area (Å²) in [6.07, 6.45) is -6.79. The van der Waals surface area contributed by atoms with Gasteiger partial charge >= 0.3 is 12.3 Å². The summed E-state index contributed by atoms with van der Waals surface area (Å²) in [7, 11) is 0. The average Bonchev–Trinajstić information content (AvgIpc) is 2.60. The third-order valence-corrected chi connectivity index (χ3v) is 3.83. The lowest BCUT2D eigenvalue weighted by atomic mass is 9.99. The summed E-state index contributed by atoms with van der Waals surface area (Å²) in [5.41, 5.74) is -0.709. The fourth-order valence-corrected chi connectivity index (χ4v) is 3.00. The van der Waals surface area contributed by atoms with Crippen LogP contribution in [0.1, 0.15) is 33.6 Å². The van der Waals surface area contributed by atoms with Crippen LogP contribution in [0.2, 0.25) is 0 Å². The minimum atomic E-state index is -4.72. The first-order chi connectivity index (χ1) is 9.50. The first-order valence-corrected chi connectivity index (χ1v) is 7.00. The third kappa shape index (κ3) is 3.42. The summed E-state index contributed by atoms with van der Waals surface area (Å²) in [6.45, 7) is 5.35. The highest BCUT2D eigenvalue weighted by Gasteiger charge is 2.54. The molecule has 122 valence electrons. The number of aliphatic hydroxyl groups is 1. The van der Waals surface area contributed by atoms with Crippen LogP contribution >= 0.6 is 0 Å². The zero-order valence-corrected chi connectivity index (χ0v) is 12.3. The van der Waals surface area contributed by atoms with Gasteiger partial charge in [0.05, 0.1) is 12.1 Å². The second kappa shape index (κ2) is 5.31. The summed E-state index contributed by atoms with van der Waals surface area (Å²) in [4.78, 5) is 13.6. The van der Waals surface area contributed by atoms with Crippen LogP contribution in [0, 0.1) is 0 Å². The Labute approximate surface area is 121 Å². The number of nitrogens with zero attached hydrogens (tertiary/aromatic N) is 1. The second-order valence-electron chi connectivity index (χ2n) is 6.61. The number of carbonyl (C=O) groups excluding carboxylic acids is 1. The molecule has 5 nitrogen and oxygen atoms in total. The lowest BCUT2D eigenvalue weighted by molar-refractivity contribution is -0.218. The molecule has 0 aromatic heterocycles. The maximum Gasteiger partial charge on any atom is 0.415 e. The fourth-order valence-electron chi connectivity index (χ4n) is 3.00. The van der Waals surface area contributed by atoms with E-state index in [1.54, 1.807) is 20.8 Å². The summed E-state index contributed by atoms with van der Waals surface area (Å²) >= 11 is 0. The van der Waals surface area contributed by atoms with Crippen LogP contribution in [-0.4, -0.2) is 58.7 Å². The molecule has 2 saturated heterocycles. The fraction of sp³-hybridized carbons (Fsp3) is 0.923. The van der Waals surface area contributed by atoms with Gasteiger partial charge in [0, 0.05) is 12.6 Å². The molecule has 1 amide bonds. The Hall–Kier alpha value is -1.02. The third-order valence-electron chi connectivity index (χ3n) is 3.83. The molecule has 0 aromatic carbocycles. The van der Waals surface area contributed by atoms with Crippen molar-refractivity contribution in [1.29, 1.82) is 0 Å². The van der Waals surface area contributed by atoms with Crippen molar-refractivity contribution in [2.24, 2.45) is 0 Å². The Morgan fingerprint density at radius 2 is 1.95 bits per heavy atom. The molecular formula is C13H21F3N2O3. The predicted molar refractivity (Wildman–Crippen MR) is 68.7 cm³/mol. The predicted octanol–water partition coefficient (Wildman–Crippen LogP) is 1.65.